The summed E-state index contributed by atoms with van der Waals surface area (Å²) in [5.74, 6) is 0. The fourth-order valence-electron chi connectivity index (χ4n) is 3.53. The molecule has 23 heavy (non-hydrogen) atoms. The van der Waals surface area contributed by atoms with Crippen LogP contribution in [0.25, 0.3) is 11.1 Å². The van der Waals surface area contributed by atoms with Crippen LogP contribution in [0.3, 0.4) is 0 Å². The van der Waals surface area contributed by atoms with E-state index in [9.17, 15) is 5.11 Å². The molecule has 3 heterocycles. The van der Waals surface area contributed by atoms with E-state index in [-0.39, 0.29) is 0 Å². The minimum absolute atomic E-state index is 0.361. The van der Waals surface area contributed by atoms with Crippen molar-refractivity contribution in [1.82, 2.24) is 9.88 Å². The van der Waals surface area contributed by atoms with Crippen LogP contribution in [-0.4, -0.2) is 66.5 Å². The molecule has 1 aromatic heterocycles. The van der Waals surface area contributed by atoms with E-state index in [4.69, 9.17) is 9.15 Å². The van der Waals surface area contributed by atoms with E-state index < -0.39 is 5.60 Å². The Morgan fingerprint density at radius 3 is 2.83 bits per heavy atom. The van der Waals surface area contributed by atoms with Crippen molar-refractivity contribution in [2.45, 2.75) is 18.4 Å². The smallest absolute Gasteiger partial charge is 0.298 e. The Bertz CT molecular complexity index is 635. The average Bonchev–Trinajstić information content (AvgIpc) is 3.15. The summed E-state index contributed by atoms with van der Waals surface area (Å²) < 4.78 is 11.5. The lowest BCUT2D eigenvalue weighted by atomic mass is 10.0. The van der Waals surface area contributed by atoms with E-state index in [1.165, 1.54) is 12.8 Å². The van der Waals surface area contributed by atoms with Gasteiger partial charge in [0.05, 0.1) is 19.8 Å². The molecule has 2 fully saturated rings. The first-order valence-corrected chi connectivity index (χ1v) is 8.35. The molecule has 2 aliphatic rings. The van der Waals surface area contributed by atoms with Crippen LogP contribution in [0, 0.1) is 0 Å². The molecule has 1 N–H and O–H groups in total. The van der Waals surface area contributed by atoms with Crippen LogP contribution < -0.4 is 4.90 Å². The number of rotatable bonds is 3. The molecule has 124 valence electrons. The van der Waals surface area contributed by atoms with Crippen LogP contribution in [0.5, 0.6) is 0 Å². The van der Waals surface area contributed by atoms with Crippen LogP contribution in [-0.2, 0) is 4.74 Å². The molecule has 0 aliphatic carbocycles. The van der Waals surface area contributed by atoms with E-state index in [1.807, 2.05) is 29.2 Å². The van der Waals surface area contributed by atoms with Gasteiger partial charge < -0.3 is 24.1 Å². The number of anilines is 1. The minimum Gasteiger partial charge on any atom is -0.423 e. The van der Waals surface area contributed by atoms with Crippen LogP contribution in [0.2, 0.25) is 0 Å². The second kappa shape index (κ2) is 6.11. The van der Waals surface area contributed by atoms with Crippen LogP contribution in [0.15, 0.2) is 28.7 Å². The Hall–Kier alpha value is -1.63. The van der Waals surface area contributed by atoms with Gasteiger partial charge in [0, 0.05) is 13.1 Å². The van der Waals surface area contributed by atoms with Crippen LogP contribution in [0.4, 0.5) is 6.01 Å². The van der Waals surface area contributed by atoms with Gasteiger partial charge in [-0.25, -0.2) is 0 Å². The molecule has 2 aromatic rings. The zero-order valence-electron chi connectivity index (χ0n) is 13.3. The SMILES string of the molecule is O[C@]1(CN2CCCC2)COCCN(c2nc3ccccc3o2)C1. The third kappa shape index (κ3) is 3.20. The fraction of sp³-hybridized carbons (Fsp3) is 0.588. The number of likely N-dealkylation sites (tertiary alicyclic amines) is 1. The number of ether oxygens (including phenoxy) is 1. The molecule has 0 saturated carbocycles. The van der Waals surface area contributed by atoms with Crippen LogP contribution >= 0.6 is 0 Å². The van der Waals surface area contributed by atoms with E-state index >= 15 is 0 Å². The molecule has 2 saturated heterocycles. The molecular weight excluding hydrogens is 294 g/mol. The lowest BCUT2D eigenvalue weighted by Gasteiger charge is -2.33. The molecule has 0 spiro atoms. The van der Waals surface area contributed by atoms with Gasteiger partial charge in [-0.1, -0.05) is 12.1 Å². The maximum atomic E-state index is 11.0. The largest absolute Gasteiger partial charge is 0.423 e. The van der Waals surface area contributed by atoms with Crippen molar-refractivity contribution in [1.29, 1.82) is 0 Å². The molecule has 6 heteroatoms. The fourth-order valence-corrected chi connectivity index (χ4v) is 3.53. The van der Waals surface area contributed by atoms with E-state index in [2.05, 4.69) is 9.88 Å². The number of oxazole rings is 1. The first-order chi connectivity index (χ1) is 11.2. The number of hydrogen-bond acceptors (Lipinski definition) is 6. The zero-order chi connectivity index (χ0) is 15.7. The highest BCUT2D eigenvalue weighted by Gasteiger charge is 2.36. The zero-order valence-corrected chi connectivity index (χ0v) is 13.3. The van der Waals surface area contributed by atoms with Gasteiger partial charge in [-0.15, -0.1) is 0 Å². The third-order valence-corrected chi connectivity index (χ3v) is 4.63. The van der Waals surface area contributed by atoms with Gasteiger partial charge in [-0.05, 0) is 38.1 Å². The summed E-state index contributed by atoms with van der Waals surface area (Å²) in [5.41, 5.74) is 0.730. The molecule has 1 atom stereocenters. The summed E-state index contributed by atoms with van der Waals surface area (Å²) in [6.45, 7) is 4.85. The van der Waals surface area contributed by atoms with E-state index in [1.54, 1.807) is 0 Å². The first-order valence-electron chi connectivity index (χ1n) is 8.35. The van der Waals surface area contributed by atoms with Gasteiger partial charge in [0.25, 0.3) is 6.01 Å². The number of para-hydroxylation sites is 2. The lowest BCUT2D eigenvalue weighted by Crippen LogP contribution is -2.52. The van der Waals surface area contributed by atoms with Crippen molar-refractivity contribution in [3.8, 4) is 0 Å². The third-order valence-electron chi connectivity index (χ3n) is 4.63. The number of β-amino-alcohol motifs (C(OH)–C–C–N with tert-alkyl or cyclic N) is 1. The molecule has 0 amide bonds. The summed E-state index contributed by atoms with van der Waals surface area (Å²) in [5, 5.41) is 11.0. The summed E-state index contributed by atoms with van der Waals surface area (Å²) in [4.78, 5) is 8.88. The van der Waals surface area contributed by atoms with Gasteiger partial charge in [0.15, 0.2) is 5.58 Å². The standard InChI is InChI=1S/C17H23N3O3/c21-17(11-19-7-3-4-8-19)12-20(9-10-22-13-17)16-18-14-5-1-2-6-15(14)23-16/h1-2,5-6,21H,3-4,7-13H2/t17-/m0/s1. The minimum atomic E-state index is -0.887. The maximum absolute atomic E-state index is 11.0. The van der Waals surface area contributed by atoms with Gasteiger partial charge in [-0.2, -0.15) is 4.98 Å². The number of aliphatic hydroxyl groups is 1. The monoisotopic (exact) mass is 317 g/mol. The van der Waals surface area contributed by atoms with Crippen molar-refractivity contribution in [2.24, 2.45) is 0 Å². The number of aromatic nitrogens is 1. The van der Waals surface area contributed by atoms with Crippen molar-refractivity contribution in [3.05, 3.63) is 24.3 Å². The Balaban J connectivity index is 1.55. The van der Waals surface area contributed by atoms with E-state index in [0.29, 0.717) is 38.9 Å². The lowest BCUT2D eigenvalue weighted by molar-refractivity contribution is -0.0440. The number of nitrogens with zero attached hydrogens (tertiary/aromatic N) is 3. The number of fused-ring (bicyclic) bond motifs is 1. The maximum Gasteiger partial charge on any atom is 0.298 e. The average molecular weight is 317 g/mol. The van der Waals surface area contributed by atoms with Gasteiger partial charge in [-0.3, -0.25) is 0 Å². The van der Waals surface area contributed by atoms with Crippen molar-refractivity contribution in [2.75, 3.05) is 50.8 Å². The van der Waals surface area contributed by atoms with E-state index in [0.717, 1.165) is 24.2 Å². The number of benzene rings is 1. The molecular formula is C17H23N3O3. The summed E-state index contributed by atoms with van der Waals surface area (Å²) in [6, 6.07) is 8.30. The van der Waals surface area contributed by atoms with Gasteiger partial charge in [0.1, 0.15) is 11.1 Å². The summed E-state index contributed by atoms with van der Waals surface area (Å²) >= 11 is 0. The van der Waals surface area contributed by atoms with Crippen molar-refractivity contribution < 1.29 is 14.3 Å². The molecule has 1 aromatic carbocycles. The first kappa shape index (κ1) is 14.9. The second-order valence-electron chi connectivity index (χ2n) is 6.65. The highest BCUT2D eigenvalue weighted by molar-refractivity contribution is 5.74. The molecule has 0 unspecified atom stereocenters. The van der Waals surface area contributed by atoms with Gasteiger partial charge in [0.2, 0.25) is 0 Å². The normalized spacial score (nSPS) is 26.7. The van der Waals surface area contributed by atoms with Gasteiger partial charge >= 0.3 is 0 Å². The summed E-state index contributed by atoms with van der Waals surface area (Å²) in [6.07, 6.45) is 2.43. The van der Waals surface area contributed by atoms with Crippen molar-refractivity contribution >= 4 is 17.1 Å². The second-order valence-corrected chi connectivity index (χ2v) is 6.65. The predicted octanol–water partition coefficient (Wildman–Crippen LogP) is 1.49. The molecule has 2 aliphatic heterocycles. The Labute approximate surface area is 135 Å². The Kier molecular flexibility index (Phi) is 3.97. The summed E-state index contributed by atoms with van der Waals surface area (Å²) in [7, 11) is 0. The van der Waals surface area contributed by atoms with Crippen molar-refractivity contribution in [3.63, 3.8) is 0 Å². The molecule has 0 radical (unpaired) electrons. The topological polar surface area (TPSA) is 62.0 Å². The van der Waals surface area contributed by atoms with Crippen LogP contribution in [0.1, 0.15) is 12.8 Å². The molecule has 6 nitrogen and oxygen atoms in total. The highest BCUT2D eigenvalue weighted by atomic mass is 16.5. The molecule has 4 rings (SSSR count). The quantitative estimate of drug-likeness (QED) is 0.925. The molecule has 0 bridgehead atoms. The number of hydrogen-bond donors (Lipinski definition) is 1. The highest BCUT2D eigenvalue weighted by Crippen LogP contribution is 2.25. The Morgan fingerprint density at radius 2 is 2.00 bits per heavy atom. The Morgan fingerprint density at radius 1 is 1.17 bits per heavy atom. The predicted molar refractivity (Wildman–Crippen MR) is 87.7 cm³/mol.